The first-order valence-electron chi connectivity index (χ1n) is 4.33. The summed E-state index contributed by atoms with van der Waals surface area (Å²) in [4.78, 5) is 10.1. The zero-order valence-electron chi connectivity index (χ0n) is 7.12. The summed E-state index contributed by atoms with van der Waals surface area (Å²) < 4.78 is 5.10. The molecule has 1 fully saturated rings. The van der Waals surface area contributed by atoms with Crippen LogP contribution in [0.15, 0.2) is 0 Å². The van der Waals surface area contributed by atoms with Gasteiger partial charge in [0.2, 0.25) is 0 Å². The van der Waals surface area contributed by atoms with Crippen LogP contribution in [-0.4, -0.2) is 24.7 Å². The zero-order chi connectivity index (χ0) is 8.97. The molecule has 12 heavy (non-hydrogen) atoms. The minimum atomic E-state index is -1.13. The van der Waals surface area contributed by atoms with Crippen LogP contribution in [0.5, 0.6) is 0 Å². The van der Waals surface area contributed by atoms with Gasteiger partial charge in [-0.15, -0.1) is 0 Å². The molecular formula is C8H15NO3. The second kappa shape index (κ2) is 4.42. The molecule has 0 amide bonds. The minimum absolute atomic E-state index is 0.112. The van der Waals surface area contributed by atoms with Gasteiger partial charge in [-0.25, -0.2) is 0 Å². The fraction of sp³-hybridized carbons (Fsp3) is 0.875. The van der Waals surface area contributed by atoms with Crippen LogP contribution in [-0.2, 0) is 9.53 Å². The molecule has 0 bridgehead atoms. The Balaban J connectivity index is 2.13. The van der Waals surface area contributed by atoms with Gasteiger partial charge in [0, 0.05) is 12.8 Å². The van der Waals surface area contributed by atoms with Crippen molar-refractivity contribution >= 4 is 5.97 Å². The summed E-state index contributed by atoms with van der Waals surface area (Å²) in [6, 6.07) is 0.521. The molecule has 4 heteroatoms. The fourth-order valence-corrected chi connectivity index (χ4v) is 1.48. The summed E-state index contributed by atoms with van der Waals surface area (Å²) in [5.74, 6) is -1.13. The van der Waals surface area contributed by atoms with Crippen LogP contribution in [0, 0.1) is 0 Å². The summed E-state index contributed by atoms with van der Waals surface area (Å²) >= 11 is 0. The van der Waals surface area contributed by atoms with Gasteiger partial charge in [-0.2, -0.15) is 0 Å². The molecule has 1 aliphatic carbocycles. The van der Waals surface area contributed by atoms with Crippen LogP contribution in [0.25, 0.3) is 0 Å². The number of carboxylic acids is 1. The Labute approximate surface area is 71.7 Å². The maximum absolute atomic E-state index is 10.1. The van der Waals surface area contributed by atoms with Crippen LogP contribution in [0.4, 0.5) is 0 Å². The summed E-state index contributed by atoms with van der Waals surface area (Å²) in [7, 11) is 0. The number of ether oxygens (including phenoxy) is 1. The molecule has 0 unspecified atom stereocenters. The van der Waals surface area contributed by atoms with E-state index >= 15 is 0 Å². The lowest BCUT2D eigenvalue weighted by molar-refractivity contribution is -0.427. The normalized spacial score (nSPS) is 30.1. The van der Waals surface area contributed by atoms with Crippen LogP contribution in [0.1, 0.15) is 25.7 Å². The van der Waals surface area contributed by atoms with Crippen molar-refractivity contribution in [2.75, 3.05) is 6.61 Å². The number of carbonyl (C=O) groups is 1. The van der Waals surface area contributed by atoms with Gasteiger partial charge in [0.25, 0.3) is 0 Å². The number of carboxylic acid groups (broad SMARTS) is 1. The van der Waals surface area contributed by atoms with Gasteiger partial charge in [-0.05, 0) is 12.8 Å². The van der Waals surface area contributed by atoms with E-state index in [0.717, 1.165) is 25.7 Å². The molecule has 0 saturated heterocycles. The lowest BCUT2D eigenvalue weighted by Crippen LogP contribution is -2.62. The van der Waals surface area contributed by atoms with E-state index in [1.165, 1.54) is 0 Å². The lowest BCUT2D eigenvalue weighted by Gasteiger charge is -2.24. The molecule has 70 valence electrons. The van der Waals surface area contributed by atoms with Crippen molar-refractivity contribution in [3.05, 3.63) is 0 Å². The highest BCUT2D eigenvalue weighted by Crippen LogP contribution is 2.18. The first-order valence-corrected chi connectivity index (χ1v) is 4.33. The van der Waals surface area contributed by atoms with E-state index in [1.807, 2.05) is 0 Å². The highest BCUT2D eigenvalue weighted by molar-refractivity contribution is 5.65. The molecule has 0 aromatic rings. The zero-order valence-corrected chi connectivity index (χ0v) is 7.12. The third-order valence-corrected chi connectivity index (χ3v) is 2.23. The van der Waals surface area contributed by atoms with Gasteiger partial charge < -0.3 is 20.4 Å². The van der Waals surface area contributed by atoms with Crippen molar-refractivity contribution in [2.24, 2.45) is 0 Å². The minimum Gasteiger partial charge on any atom is -0.548 e. The number of hydrogen-bond acceptors (Lipinski definition) is 3. The van der Waals surface area contributed by atoms with E-state index in [1.54, 1.807) is 0 Å². The Kier molecular flexibility index (Phi) is 3.49. The molecule has 1 aliphatic rings. The Hall–Kier alpha value is -0.610. The number of rotatable bonds is 3. The summed E-state index contributed by atoms with van der Waals surface area (Å²) in [6.07, 6.45) is 4.05. The van der Waals surface area contributed by atoms with Crippen LogP contribution in [0.2, 0.25) is 0 Å². The highest BCUT2D eigenvalue weighted by atomic mass is 16.5. The van der Waals surface area contributed by atoms with Crippen molar-refractivity contribution in [3.8, 4) is 0 Å². The van der Waals surface area contributed by atoms with Crippen molar-refractivity contribution < 1.29 is 20.4 Å². The van der Waals surface area contributed by atoms with Crippen LogP contribution in [0.3, 0.4) is 0 Å². The van der Waals surface area contributed by atoms with E-state index in [4.69, 9.17) is 4.74 Å². The first-order chi connectivity index (χ1) is 5.68. The van der Waals surface area contributed by atoms with Crippen LogP contribution < -0.4 is 10.8 Å². The van der Waals surface area contributed by atoms with Crippen molar-refractivity contribution in [3.63, 3.8) is 0 Å². The Morgan fingerprint density at radius 1 is 1.42 bits per heavy atom. The molecule has 0 aliphatic heterocycles. The van der Waals surface area contributed by atoms with Crippen LogP contribution >= 0.6 is 0 Å². The van der Waals surface area contributed by atoms with E-state index in [2.05, 4.69) is 5.73 Å². The molecule has 0 atom stereocenters. The smallest absolute Gasteiger partial charge is 0.0864 e. The third-order valence-electron chi connectivity index (χ3n) is 2.23. The molecule has 0 radical (unpaired) electrons. The monoisotopic (exact) mass is 173 g/mol. The Morgan fingerprint density at radius 2 is 2.00 bits per heavy atom. The molecule has 0 aromatic heterocycles. The van der Waals surface area contributed by atoms with E-state index in [-0.39, 0.29) is 12.7 Å². The molecule has 0 heterocycles. The van der Waals surface area contributed by atoms with Gasteiger partial charge in [0.1, 0.15) is 0 Å². The van der Waals surface area contributed by atoms with E-state index in [9.17, 15) is 9.90 Å². The van der Waals surface area contributed by atoms with Crippen molar-refractivity contribution in [2.45, 2.75) is 37.8 Å². The topological polar surface area (TPSA) is 77.0 Å². The second-order valence-electron chi connectivity index (χ2n) is 3.33. The van der Waals surface area contributed by atoms with Crippen molar-refractivity contribution in [1.29, 1.82) is 0 Å². The molecule has 0 spiro atoms. The molecular weight excluding hydrogens is 158 g/mol. The summed E-state index contributed by atoms with van der Waals surface area (Å²) in [6.45, 7) is -0.271. The molecule has 1 rings (SSSR count). The average molecular weight is 173 g/mol. The Morgan fingerprint density at radius 3 is 2.50 bits per heavy atom. The van der Waals surface area contributed by atoms with E-state index < -0.39 is 5.97 Å². The maximum Gasteiger partial charge on any atom is 0.0864 e. The van der Waals surface area contributed by atoms with Gasteiger partial charge in [-0.1, -0.05) is 0 Å². The predicted octanol–water partition coefficient (Wildman–Crippen LogP) is -1.69. The molecule has 3 N–H and O–H groups in total. The standard InChI is InChI=1S/C8H15NO3/c9-6-1-3-7(4-2-6)12-5-8(10)11/h6-7H,1-5,9H2,(H,10,11). The van der Waals surface area contributed by atoms with Gasteiger partial charge in [0.15, 0.2) is 0 Å². The predicted molar refractivity (Wildman–Crippen MR) is 39.9 cm³/mol. The number of carbonyl (C=O) groups excluding carboxylic acids is 1. The number of aliphatic carboxylic acids is 1. The summed E-state index contributed by atoms with van der Waals surface area (Å²) in [5.41, 5.74) is 3.94. The molecule has 0 aromatic carbocycles. The van der Waals surface area contributed by atoms with Crippen molar-refractivity contribution in [1.82, 2.24) is 0 Å². The largest absolute Gasteiger partial charge is 0.548 e. The third kappa shape index (κ3) is 3.19. The highest BCUT2D eigenvalue weighted by Gasteiger charge is 2.20. The molecule has 4 nitrogen and oxygen atoms in total. The first kappa shape index (κ1) is 9.48. The van der Waals surface area contributed by atoms with Gasteiger partial charge >= 0.3 is 0 Å². The Bertz CT molecular complexity index is 152. The second-order valence-corrected chi connectivity index (χ2v) is 3.33. The fourth-order valence-electron chi connectivity index (χ4n) is 1.48. The number of hydrogen-bond donors (Lipinski definition) is 1. The molecule has 1 saturated carbocycles. The van der Waals surface area contributed by atoms with E-state index in [0.29, 0.717) is 6.04 Å². The quantitative estimate of drug-likeness (QED) is 0.553. The lowest BCUT2D eigenvalue weighted by atomic mass is 9.94. The summed E-state index contributed by atoms with van der Waals surface area (Å²) in [5, 5.41) is 10.1. The maximum atomic E-state index is 10.1. The van der Waals surface area contributed by atoms with Gasteiger partial charge in [-0.3, -0.25) is 0 Å². The van der Waals surface area contributed by atoms with Gasteiger partial charge in [0.05, 0.1) is 24.7 Å². The SMILES string of the molecule is [NH3+]C1CCC(OCC(=O)[O-])CC1. The number of quaternary nitrogens is 1. The average Bonchev–Trinajstić information content (AvgIpc) is 2.03.